The first-order valence-corrected chi connectivity index (χ1v) is 22.0. The summed E-state index contributed by atoms with van der Waals surface area (Å²) < 4.78 is 0. The van der Waals surface area contributed by atoms with Crippen LogP contribution in [0.4, 0.5) is 0 Å². The smallest absolute Gasteiger partial charge is 0.127 e. The van der Waals surface area contributed by atoms with Crippen molar-refractivity contribution in [2.24, 2.45) is 0 Å². The Hall–Kier alpha value is -0.0525. The van der Waals surface area contributed by atoms with Crippen molar-refractivity contribution >= 4 is 32.3 Å². The SMILES string of the molecule is C[Si](C)(C)C#CC(=C=C([Si](C)(C)C)[Si](C)(C)C)[Si](C)(C)C. The molecule has 0 aliphatic carbocycles. The molecule has 0 aromatic rings. The van der Waals surface area contributed by atoms with Gasteiger partial charge in [0.05, 0.1) is 24.2 Å². The number of rotatable bonds is 3. The molecule has 0 spiro atoms. The van der Waals surface area contributed by atoms with Crippen LogP contribution >= 0.6 is 0 Å². The molecule has 4 heteroatoms. The summed E-state index contributed by atoms with van der Waals surface area (Å²) in [6.07, 6.45) is 0. The van der Waals surface area contributed by atoms with E-state index in [9.17, 15) is 0 Å². The maximum Gasteiger partial charge on any atom is 0.129 e. The van der Waals surface area contributed by atoms with Crippen LogP contribution in [0.3, 0.4) is 0 Å². The highest BCUT2D eigenvalue weighted by Gasteiger charge is 2.32. The molecule has 0 saturated carbocycles. The molecule has 0 bridgehead atoms. The summed E-state index contributed by atoms with van der Waals surface area (Å²) in [6, 6.07) is 0. The van der Waals surface area contributed by atoms with Gasteiger partial charge in [0.15, 0.2) is 0 Å². The zero-order valence-corrected chi connectivity index (χ0v) is 20.5. The van der Waals surface area contributed by atoms with Crippen molar-refractivity contribution in [2.75, 3.05) is 0 Å². The highest BCUT2D eigenvalue weighted by Crippen LogP contribution is 2.26. The third kappa shape index (κ3) is 8.23. The van der Waals surface area contributed by atoms with E-state index < -0.39 is 32.3 Å². The molecule has 0 heterocycles. The highest BCUT2D eigenvalue weighted by molar-refractivity contribution is 7.04. The van der Waals surface area contributed by atoms with Gasteiger partial charge < -0.3 is 0 Å². The Morgan fingerprint density at radius 1 is 0.571 bits per heavy atom. The molecule has 0 radical (unpaired) electrons. The van der Waals surface area contributed by atoms with E-state index >= 15 is 0 Å². The van der Waals surface area contributed by atoms with Crippen LogP contribution in [0.15, 0.2) is 15.7 Å². The Balaban J connectivity index is 6.47. The van der Waals surface area contributed by atoms with Crippen LogP contribution in [0.5, 0.6) is 0 Å². The van der Waals surface area contributed by atoms with Gasteiger partial charge in [-0.15, -0.1) is 11.3 Å². The van der Waals surface area contributed by atoms with Gasteiger partial charge in [0.1, 0.15) is 8.07 Å². The molecule has 0 saturated heterocycles. The van der Waals surface area contributed by atoms with E-state index in [0.29, 0.717) is 0 Å². The molecular formula is C17H36Si4. The highest BCUT2D eigenvalue weighted by atomic mass is 28.4. The summed E-state index contributed by atoms with van der Waals surface area (Å²) in [5.74, 6) is 3.58. The van der Waals surface area contributed by atoms with E-state index in [0.717, 1.165) is 0 Å². The minimum atomic E-state index is -1.43. The van der Waals surface area contributed by atoms with Crippen LogP contribution in [0.2, 0.25) is 78.6 Å². The van der Waals surface area contributed by atoms with Crippen molar-refractivity contribution < 1.29 is 0 Å². The summed E-state index contributed by atoms with van der Waals surface area (Å²) in [5.41, 5.74) is 7.49. The predicted octanol–water partition coefficient (Wildman–Crippen LogP) is 5.95. The van der Waals surface area contributed by atoms with Crippen LogP contribution < -0.4 is 0 Å². The molecule has 0 aromatic carbocycles. The summed E-state index contributed by atoms with van der Waals surface area (Å²) in [6.45, 7) is 28.9. The molecule has 0 atom stereocenters. The summed E-state index contributed by atoms with van der Waals surface area (Å²) in [5, 5.41) is 1.35. The van der Waals surface area contributed by atoms with Gasteiger partial charge in [-0.2, -0.15) is 0 Å². The van der Waals surface area contributed by atoms with E-state index in [4.69, 9.17) is 0 Å². The zero-order valence-electron chi connectivity index (χ0n) is 16.5. The predicted molar refractivity (Wildman–Crippen MR) is 112 cm³/mol. The molecule has 0 aliphatic rings. The largest absolute Gasteiger partial charge is 0.129 e. The van der Waals surface area contributed by atoms with Gasteiger partial charge in [-0.25, -0.2) is 0 Å². The van der Waals surface area contributed by atoms with Gasteiger partial charge >= 0.3 is 0 Å². The minimum absolute atomic E-state index is 1.33. The second-order valence-corrected chi connectivity index (χ2v) is 30.4. The molecule has 21 heavy (non-hydrogen) atoms. The minimum Gasteiger partial charge on any atom is -0.127 e. The fourth-order valence-corrected chi connectivity index (χ4v) is 14.1. The fourth-order valence-electron chi connectivity index (χ4n) is 2.28. The second kappa shape index (κ2) is 6.60. The van der Waals surface area contributed by atoms with Crippen molar-refractivity contribution in [1.29, 1.82) is 0 Å². The quantitative estimate of drug-likeness (QED) is 0.334. The van der Waals surface area contributed by atoms with Gasteiger partial charge in [0, 0.05) is 5.20 Å². The van der Waals surface area contributed by atoms with Crippen molar-refractivity contribution in [2.45, 2.75) is 78.6 Å². The monoisotopic (exact) mass is 352 g/mol. The standard InChI is InChI=1S/C17H36Si4/c1-18(2,3)14-13-16(19(4,5)6)15-17(20(7,8)9)21(10,11)12/h1-12H3. The van der Waals surface area contributed by atoms with Crippen molar-refractivity contribution in [3.05, 3.63) is 15.7 Å². The molecule has 0 fully saturated rings. The lowest BCUT2D eigenvalue weighted by atomic mass is 10.6. The normalized spacial score (nSPS) is 13.1. The van der Waals surface area contributed by atoms with E-state index in [1.165, 1.54) is 5.20 Å². The first-order valence-electron chi connectivity index (χ1n) is 8.00. The Morgan fingerprint density at radius 2 is 0.952 bits per heavy atom. The van der Waals surface area contributed by atoms with Crippen molar-refractivity contribution in [3.8, 4) is 11.5 Å². The maximum atomic E-state index is 3.91. The molecule has 120 valence electrons. The van der Waals surface area contributed by atoms with Crippen molar-refractivity contribution in [3.63, 3.8) is 0 Å². The number of hydrogen-bond acceptors (Lipinski definition) is 0. The topological polar surface area (TPSA) is 0 Å². The molecule has 0 aliphatic heterocycles. The van der Waals surface area contributed by atoms with Crippen LogP contribution in [0.25, 0.3) is 0 Å². The Bertz CT molecular complexity index is 481. The molecular weight excluding hydrogens is 317 g/mol. The van der Waals surface area contributed by atoms with E-state index in [1.54, 1.807) is 4.82 Å². The summed E-state index contributed by atoms with van der Waals surface area (Å²) >= 11 is 0. The molecule has 0 unspecified atom stereocenters. The Labute approximate surface area is 138 Å². The lowest BCUT2D eigenvalue weighted by molar-refractivity contribution is 1.62. The second-order valence-electron chi connectivity index (χ2n) is 10.1. The van der Waals surface area contributed by atoms with Gasteiger partial charge in [-0.1, -0.05) is 89.3 Å². The average Bonchev–Trinajstić information content (AvgIpc) is 2.08. The van der Waals surface area contributed by atoms with Crippen LogP contribution in [-0.4, -0.2) is 32.3 Å². The van der Waals surface area contributed by atoms with Crippen LogP contribution in [0, 0.1) is 11.5 Å². The number of allylic oxidation sites excluding steroid dienone is 1. The van der Waals surface area contributed by atoms with Crippen LogP contribution in [0.1, 0.15) is 0 Å². The number of hydrogen-bond donors (Lipinski definition) is 0. The van der Waals surface area contributed by atoms with Crippen molar-refractivity contribution in [1.82, 2.24) is 0 Å². The zero-order chi connectivity index (χ0) is 17.3. The summed E-state index contributed by atoms with van der Waals surface area (Å²) in [7, 11) is -5.41. The third-order valence-electron chi connectivity index (χ3n) is 3.06. The molecule has 0 nitrogen and oxygen atoms in total. The average molecular weight is 353 g/mol. The fraction of sp³-hybridized carbons (Fsp3) is 0.706. The Morgan fingerprint density at radius 3 is 1.19 bits per heavy atom. The molecule has 0 aromatic heterocycles. The van der Waals surface area contributed by atoms with Gasteiger partial charge in [-0.3, -0.25) is 0 Å². The van der Waals surface area contributed by atoms with E-state index in [1.807, 2.05) is 0 Å². The Kier molecular flexibility index (Phi) is 6.58. The van der Waals surface area contributed by atoms with E-state index in [2.05, 4.69) is 95.8 Å². The van der Waals surface area contributed by atoms with E-state index in [-0.39, 0.29) is 0 Å². The first-order chi connectivity index (χ1) is 8.94. The molecule has 0 rings (SSSR count). The maximum absolute atomic E-state index is 3.91. The van der Waals surface area contributed by atoms with Gasteiger partial charge in [-0.05, 0) is 0 Å². The lowest BCUT2D eigenvalue weighted by Crippen LogP contribution is -2.40. The molecule has 0 N–H and O–H groups in total. The van der Waals surface area contributed by atoms with Gasteiger partial charge in [0.25, 0.3) is 0 Å². The summed E-state index contributed by atoms with van der Waals surface area (Å²) in [4.78, 5) is 1.66. The third-order valence-corrected chi connectivity index (χ3v) is 13.4. The lowest BCUT2D eigenvalue weighted by Gasteiger charge is -2.30. The first kappa shape index (κ1) is 20.9. The van der Waals surface area contributed by atoms with Crippen LogP contribution in [-0.2, 0) is 0 Å². The molecule has 0 amide bonds. The van der Waals surface area contributed by atoms with Gasteiger partial charge in [0.2, 0.25) is 0 Å².